The van der Waals surface area contributed by atoms with Crippen LogP contribution in [0, 0.1) is 0 Å². The zero-order chi connectivity index (χ0) is 15.5. The molecule has 0 spiro atoms. The van der Waals surface area contributed by atoms with Gasteiger partial charge < -0.3 is 15.2 Å². The number of benzene rings is 1. The van der Waals surface area contributed by atoms with E-state index in [4.69, 9.17) is 10.5 Å². The monoisotopic (exact) mass is 299 g/mol. The lowest BCUT2D eigenvalue weighted by atomic mass is 10.0. The Kier molecular flexibility index (Phi) is 4.57. The number of nitrogens with two attached hydrogens (primary N) is 1. The predicted molar refractivity (Wildman–Crippen MR) is 72.3 cm³/mol. The fraction of sp³-hybridized carbons (Fsp3) is 0.333. The van der Waals surface area contributed by atoms with Crippen molar-refractivity contribution in [2.24, 2.45) is 5.73 Å². The van der Waals surface area contributed by atoms with E-state index in [-0.39, 0.29) is 11.9 Å². The summed E-state index contributed by atoms with van der Waals surface area (Å²) in [4.78, 5) is 0. The van der Waals surface area contributed by atoms with E-state index in [1.165, 1.54) is 12.1 Å². The lowest BCUT2D eigenvalue weighted by Gasteiger charge is -2.22. The number of halogens is 3. The minimum absolute atomic E-state index is 0.0962. The third-order valence-electron chi connectivity index (χ3n) is 3.10. The largest absolute Gasteiger partial charge is 0.573 e. The minimum Gasteiger partial charge on any atom is -0.406 e. The Morgan fingerprint density at radius 2 is 1.86 bits per heavy atom. The first kappa shape index (κ1) is 15.4. The Morgan fingerprint density at radius 1 is 1.19 bits per heavy atom. The zero-order valence-corrected chi connectivity index (χ0v) is 11.5. The highest BCUT2D eigenvalue weighted by Crippen LogP contribution is 2.24. The number of alkyl halides is 3. The molecule has 21 heavy (non-hydrogen) atoms. The van der Waals surface area contributed by atoms with Gasteiger partial charge in [-0.1, -0.05) is 18.2 Å². The molecular formula is C15H16F3NO2. The van der Waals surface area contributed by atoms with E-state index in [9.17, 15) is 13.2 Å². The molecule has 0 fully saturated rings. The first-order chi connectivity index (χ1) is 9.83. The molecule has 0 saturated heterocycles. The van der Waals surface area contributed by atoms with E-state index >= 15 is 0 Å². The summed E-state index contributed by atoms with van der Waals surface area (Å²) >= 11 is 0. The van der Waals surface area contributed by atoms with Gasteiger partial charge in [0.25, 0.3) is 0 Å². The maximum Gasteiger partial charge on any atom is 0.573 e. The van der Waals surface area contributed by atoms with Crippen LogP contribution in [-0.4, -0.2) is 12.5 Å². The van der Waals surface area contributed by atoms with E-state index in [1.807, 2.05) is 19.1 Å². The predicted octanol–water partition coefficient (Wildman–Crippen LogP) is 3.66. The Balaban J connectivity index is 1.90. The second-order valence-corrected chi connectivity index (χ2v) is 4.85. The van der Waals surface area contributed by atoms with Gasteiger partial charge in [-0.15, -0.1) is 13.2 Å². The lowest BCUT2D eigenvalue weighted by molar-refractivity contribution is -0.274. The van der Waals surface area contributed by atoms with Gasteiger partial charge in [0.2, 0.25) is 0 Å². The highest BCUT2D eigenvalue weighted by molar-refractivity contribution is 5.28. The summed E-state index contributed by atoms with van der Waals surface area (Å²) in [6, 6.07) is 5.62. The molecule has 1 unspecified atom stereocenters. The SMILES string of the molecule is CC1=CC=C(N)CC1OCc1ccc(OC(F)(F)F)cc1. The van der Waals surface area contributed by atoms with Crippen LogP contribution in [0.15, 0.2) is 47.7 Å². The highest BCUT2D eigenvalue weighted by Gasteiger charge is 2.30. The van der Waals surface area contributed by atoms with Gasteiger partial charge in [0, 0.05) is 12.1 Å². The standard InChI is InChI=1S/C15H16F3NO2/c1-10-2-5-12(19)8-14(10)20-9-11-3-6-13(7-4-11)21-15(16,17)18/h2-7,14H,8-9,19H2,1H3. The molecule has 2 rings (SSSR count). The van der Waals surface area contributed by atoms with Crippen LogP contribution < -0.4 is 10.5 Å². The summed E-state index contributed by atoms with van der Waals surface area (Å²) in [7, 11) is 0. The average molecular weight is 299 g/mol. The molecule has 1 atom stereocenters. The number of rotatable bonds is 4. The highest BCUT2D eigenvalue weighted by atomic mass is 19.4. The fourth-order valence-corrected chi connectivity index (χ4v) is 1.96. The number of hydrogen-bond donors (Lipinski definition) is 1. The zero-order valence-electron chi connectivity index (χ0n) is 11.5. The summed E-state index contributed by atoms with van der Waals surface area (Å²) in [5, 5.41) is 0. The van der Waals surface area contributed by atoms with Crippen LogP contribution in [0.1, 0.15) is 18.9 Å². The van der Waals surface area contributed by atoms with Gasteiger partial charge in [-0.25, -0.2) is 0 Å². The molecule has 0 aliphatic heterocycles. The molecule has 1 aromatic carbocycles. The molecule has 6 heteroatoms. The van der Waals surface area contributed by atoms with Gasteiger partial charge in [0.1, 0.15) is 5.75 Å². The van der Waals surface area contributed by atoms with Crippen LogP contribution >= 0.6 is 0 Å². The van der Waals surface area contributed by atoms with Gasteiger partial charge in [0.05, 0.1) is 12.7 Å². The summed E-state index contributed by atoms with van der Waals surface area (Å²) in [5.41, 5.74) is 8.34. The van der Waals surface area contributed by atoms with Crippen molar-refractivity contribution in [1.82, 2.24) is 0 Å². The molecule has 2 N–H and O–H groups in total. The van der Waals surface area contributed by atoms with Gasteiger partial charge in [-0.3, -0.25) is 0 Å². The Morgan fingerprint density at radius 3 is 2.48 bits per heavy atom. The molecule has 3 nitrogen and oxygen atoms in total. The van der Waals surface area contributed by atoms with Crippen molar-refractivity contribution < 1.29 is 22.6 Å². The van der Waals surface area contributed by atoms with Gasteiger partial charge in [-0.05, 0) is 36.3 Å². The van der Waals surface area contributed by atoms with Crippen molar-refractivity contribution in [2.75, 3.05) is 0 Å². The second kappa shape index (κ2) is 6.22. The summed E-state index contributed by atoms with van der Waals surface area (Å²) in [6.45, 7) is 2.25. The summed E-state index contributed by atoms with van der Waals surface area (Å²) in [5.74, 6) is -0.243. The van der Waals surface area contributed by atoms with Crippen molar-refractivity contribution in [3.63, 3.8) is 0 Å². The Hall–Kier alpha value is -1.95. The molecule has 0 amide bonds. The molecule has 1 aliphatic carbocycles. The summed E-state index contributed by atoms with van der Waals surface area (Å²) < 4.78 is 45.7. The smallest absolute Gasteiger partial charge is 0.406 e. The van der Waals surface area contributed by atoms with E-state index in [2.05, 4.69) is 4.74 Å². The maximum absolute atomic E-state index is 12.0. The van der Waals surface area contributed by atoms with Crippen molar-refractivity contribution >= 4 is 0 Å². The van der Waals surface area contributed by atoms with Crippen molar-refractivity contribution in [2.45, 2.75) is 32.4 Å². The normalized spacial score (nSPS) is 19.0. The third kappa shape index (κ3) is 4.82. The summed E-state index contributed by atoms with van der Waals surface area (Å²) in [6.07, 6.45) is -0.396. The molecule has 0 heterocycles. The van der Waals surface area contributed by atoms with E-state index in [1.54, 1.807) is 12.1 Å². The van der Waals surface area contributed by atoms with E-state index in [0.29, 0.717) is 13.0 Å². The second-order valence-electron chi connectivity index (χ2n) is 4.85. The maximum atomic E-state index is 12.0. The molecular weight excluding hydrogens is 283 g/mol. The van der Waals surface area contributed by atoms with Crippen LogP contribution in [0.4, 0.5) is 13.2 Å². The third-order valence-corrected chi connectivity index (χ3v) is 3.10. The molecule has 0 bridgehead atoms. The Bertz CT molecular complexity index is 547. The molecule has 0 aromatic heterocycles. The van der Waals surface area contributed by atoms with E-state index in [0.717, 1.165) is 16.8 Å². The topological polar surface area (TPSA) is 44.5 Å². The number of allylic oxidation sites excluding steroid dienone is 2. The van der Waals surface area contributed by atoms with Crippen molar-refractivity contribution in [1.29, 1.82) is 0 Å². The molecule has 1 aromatic rings. The lowest BCUT2D eigenvalue weighted by Crippen LogP contribution is -2.20. The number of ether oxygens (including phenoxy) is 2. The van der Waals surface area contributed by atoms with Crippen LogP contribution in [0.25, 0.3) is 0 Å². The van der Waals surface area contributed by atoms with Gasteiger partial charge >= 0.3 is 6.36 Å². The van der Waals surface area contributed by atoms with Gasteiger partial charge in [-0.2, -0.15) is 0 Å². The molecule has 0 radical (unpaired) electrons. The van der Waals surface area contributed by atoms with Crippen LogP contribution in [-0.2, 0) is 11.3 Å². The Labute approximate surface area is 120 Å². The molecule has 1 aliphatic rings. The van der Waals surface area contributed by atoms with E-state index < -0.39 is 6.36 Å². The first-order valence-electron chi connectivity index (χ1n) is 6.42. The van der Waals surface area contributed by atoms with Crippen molar-refractivity contribution in [3.05, 3.63) is 53.3 Å². The number of hydrogen-bond acceptors (Lipinski definition) is 3. The van der Waals surface area contributed by atoms with Gasteiger partial charge in [0.15, 0.2) is 0 Å². The van der Waals surface area contributed by atoms with Crippen LogP contribution in [0.2, 0.25) is 0 Å². The molecule has 0 saturated carbocycles. The minimum atomic E-state index is -4.67. The van der Waals surface area contributed by atoms with Crippen LogP contribution in [0.3, 0.4) is 0 Å². The quantitative estimate of drug-likeness (QED) is 0.922. The molecule has 114 valence electrons. The average Bonchev–Trinajstić information content (AvgIpc) is 2.40. The fourth-order valence-electron chi connectivity index (χ4n) is 1.96. The van der Waals surface area contributed by atoms with Crippen molar-refractivity contribution in [3.8, 4) is 5.75 Å². The van der Waals surface area contributed by atoms with Crippen LogP contribution in [0.5, 0.6) is 5.75 Å². The first-order valence-corrected chi connectivity index (χ1v) is 6.42.